The highest BCUT2D eigenvalue weighted by molar-refractivity contribution is 5.05. The first-order valence-corrected chi connectivity index (χ1v) is 4.63. The van der Waals surface area contributed by atoms with Crippen molar-refractivity contribution in [3.8, 4) is 0 Å². The van der Waals surface area contributed by atoms with Gasteiger partial charge in [0.1, 0.15) is 11.6 Å². The molecule has 0 saturated carbocycles. The van der Waals surface area contributed by atoms with Crippen LogP contribution in [0.1, 0.15) is 6.92 Å². The third-order valence-corrected chi connectivity index (χ3v) is 2.37. The van der Waals surface area contributed by atoms with Gasteiger partial charge in [0.2, 0.25) is 0 Å². The predicted molar refractivity (Wildman–Crippen MR) is 62.3 cm³/mol. The topological polar surface area (TPSA) is 9.72 Å². The Balaban J connectivity index is 4.46. The van der Waals surface area contributed by atoms with Gasteiger partial charge in [0, 0.05) is 27.7 Å². The molecule has 0 N–H and O–H groups in total. The minimum absolute atomic E-state index is 0.852. The summed E-state index contributed by atoms with van der Waals surface area (Å²) in [6, 6.07) is 0. The molecule has 0 rings (SSSR count). The maximum Gasteiger partial charge on any atom is 0.106 e. The quantitative estimate of drug-likeness (QED) is 0.641. The third-order valence-electron chi connectivity index (χ3n) is 2.37. The van der Waals surface area contributed by atoms with E-state index < -0.39 is 0 Å². The van der Waals surface area contributed by atoms with Crippen LogP contribution < -0.4 is 0 Å². The summed E-state index contributed by atoms with van der Waals surface area (Å²) in [6.45, 7) is 14.6. The maximum atomic E-state index is 3.99. The fourth-order valence-electron chi connectivity index (χ4n) is 0.930. The van der Waals surface area contributed by atoms with Crippen LogP contribution in [0.25, 0.3) is 0 Å². The third kappa shape index (κ3) is 2.83. The average molecular weight is 195 g/mol. The van der Waals surface area contributed by atoms with E-state index in [1.54, 1.807) is 6.20 Å². The molecular weight excluding hydrogens is 174 g/mol. The molecule has 0 bridgehead atoms. The Kier molecular flexibility index (Phi) is 4.84. The van der Waals surface area contributed by atoms with Crippen LogP contribution in [0.4, 0.5) is 0 Å². The van der Waals surface area contributed by atoms with Crippen LogP contribution in [0, 0.1) is 0 Å². The molecule has 0 saturated heterocycles. The molecule has 0 aliphatic rings. The molecule has 3 nitrogen and oxygen atoms in total. The molecule has 0 fully saturated rings. The zero-order chi connectivity index (χ0) is 11.3. The van der Waals surface area contributed by atoms with Gasteiger partial charge in [0.15, 0.2) is 0 Å². The van der Waals surface area contributed by atoms with Crippen LogP contribution in [0.3, 0.4) is 0 Å². The highest BCUT2D eigenvalue weighted by atomic mass is 15.4. The van der Waals surface area contributed by atoms with Crippen LogP contribution >= 0.6 is 0 Å². The lowest BCUT2D eigenvalue weighted by Crippen LogP contribution is -2.33. The Bertz CT molecular complexity index is 233. The van der Waals surface area contributed by atoms with E-state index in [4.69, 9.17) is 0 Å². The SMILES string of the molecule is C=CN(C)C(=C)N(C)C(=C)N(C)CC. The van der Waals surface area contributed by atoms with Gasteiger partial charge in [0.25, 0.3) is 0 Å². The fraction of sp³-hybridized carbons (Fsp3) is 0.455. The van der Waals surface area contributed by atoms with E-state index in [1.165, 1.54) is 0 Å². The van der Waals surface area contributed by atoms with Gasteiger partial charge in [-0.2, -0.15) is 0 Å². The molecular formula is C11H21N3. The van der Waals surface area contributed by atoms with Gasteiger partial charge in [-0.05, 0) is 13.1 Å². The van der Waals surface area contributed by atoms with Gasteiger partial charge in [0.05, 0.1) is 0 Å². The zero-order valence-corrected chi connectivity index (χ0v) is 9.75. The van der Waals surface area contributed by atoms with Crippen LogP contribution in [-0.4, -0.2) is 42.4 Å². The van der Waals surface area contributed by atoms with Crippen LogP contribution in [-0.2, 0) is 0 Å². The van der Waals surface area contributed by atoms with Gasteiger partial charge in [-0.1, -0.05) is 19.7 Å². The Labute approximate surface area is 87.6 Å². The summed E-state index contributed by atoms with van der Waals surface area (Å²) in [5, 5.41) is 0. The van der Waals surface area contributed by atoms with E-state index in [2.05, 4.69) is 31.6 Å². The van der Waals surface area contributed by atoms with Gasteiger partial charge < -0.3 is 14.7 Å². The van der Waals surface area contributed by atoms with E-state index in [0.29, 0.717) is 0 Å². The van der Waals surface area contributed by atoms with Crippen molar-refractivity contribution in [3.05, 3.63) is 37.6 Å². The molecule has 0 aromatic rings. The van der Waals surface area contributed by atoms with Crippen molar-refractivity contribution in [2.24, 2.45) is 0 Å². The number of nitrogens with zero attached hydrogens (tertiary/aromatic N) is 3. The molecule has 0 aromatic carbocycles. The first-order chi connectivity index (χ1) is 6.45. The molecule has 0 aromatic heterocycles. The monoisotopic (exact) mass is 195 g/mol. The Morgan fingerprint density at radius 3 is 2.00 bits per heavy atom. The van der Waals surface area contributed by atoms with Crippen molar-refractivity contribution in [2.75, 3.05) is 27.7 Å². The van der Waals surface area contributed by atoms with E-state index in [1.807, 2.05) is 30.9 Å². The maximum absolute atomic E-state index is 3.99. The van der Waals surface area contributed by atoms with Crippen molar-refractivity contribution >= 4 is 0 Å². The summed E-state index contributed by atoms with van der Waals surface area (Å²) in [4.78, 5) is 5.85. The molecule has 3 heteroatoms. The highest BCUT2D eigenvalue weighted by Crippen LogP contribution is 2.12. The number of hydrogen-bond acceptors (Lipinski definition) is 3. The lowest BCUT2D eigenvalue weighted by molar-refractivity contribution is 0.276. The van der Waals surface area contributed by atoms with Crippen molar-refractivity contribution in [2.45, 2.75) is 6.92 Å². The average Bonchev–Trinajstić information content (AvgIpc) is 2.23. The second-order valence-electron chi connectivity index (χ2n) is 3.20. The normalized spacial score (nSPS) is 9.14. The zero-order valence-electron chi connectivity index (χ0n) is 9.75. The number of rotatable bonds is 6. The molecule has 0 spiro atoms. The second-order valence-corrected chi connectivity index (χ2v) is 3.20. The summed E-state index contributed by atoms with van der Waals surface area (Å²) in [5.74, 6) is 1.77. The standard InChI is InChI=1S/C11H21N3/c1-8-12(5)10(3)14(7)11(4)13(6)9-2/h8H,1,3-4,9H2,2,5-7H3. The summed E-state index contributed by atoms with van der Waals surface area (Å²) in [5.41, 5.74) is 0. The Morgan fingerprint density at radius 2 is 1.64 bits per heavy atom. The van der Waals surface area contributed by atoms with Crippen LogP contribution in [0.2, 0.25) is 0 Å². The fourth-order valence-corrected chi connectivity index (χ4v) is 0.930. The second kappa shape index (κ2) is 5.37. The van der Waals surface area contributed by atoms with Gasteiger partial charge >= 0.3 is 0 Å². The molecule has 0 amide bonds. The predicted octanol–water partition coefficient (Wildman–Crippen LogP) is 1.89. The molecule has 0 radical (unpaired) electrons. The van der Waals surface area contributed by atoms with Crippen molar-refractivity contribution in [3.63, 3.8) is 0 Å². The molecule has 14 heavy (non-hydrogen) atoms. The van der Waals surface area contributed by atoms with E-state index in [9.17, 15) is 0 Å². The van der Waals surface area contributed by atoms with E-state index in [-0.39, 0.29) is 0 Å². The molecule has 0 heterocycles. The van der Waals surface area contributed by atoms with Crippen molar-refractivity contribution in [1.82, 2.24) is 14.7 Å². The molecule has 0 unspecified atom stereocenters. The Hall–Kier alpha value is -1.38. The molecule has 0 aliphatic carbocycles. The first-order valence-electron chi connectivity index (χ1n) is 4.63. The summed E-state index contributed by atoms with van der Waals surface area (Å²) in [7, 11) is 5.85. The van der Waals surface area contributed by atoms with E-state index >= 15 is 0 Å². The van der Waals surface area contributed by atoms with Crippen molar-refractivity contribution in [1.29, 1.82) is 0 Å². The summed E-state index contributed by atoms with van der Waals surface area (Å²) >= 11 is 0. The highest BCUT2D eigenvalue weighted by Gasteiger charge is 2.10. The summed E-state index contributed by atoms with van der Waals surface area (Å²) < 4.78 is 0. The lowest BCUT2D eigenvalue weighted by atomic mass is 10.5. The first kappa shape index (κ1) is 12.6. The lowest BCUT2D eigenvalue weighted by Gasteiger charge is -2.33. The van der Waals surface area contributed by atoms with Crippen LogP contribution in [0.5, 0.6) is 0 Å². The molecule has 80 valence electrons. The van der Waals surface area contributed by atoms with Crippen molar-refractivity contribution < 1.29 is 0 Å². The largest absolute Gasteiger partial charge is 0.362 e. The molecule has 0 aliphatic heterocycles. The minimum Gasteiger partial charge on any atom is -0.362 e. The van der Waals surface area contributed by atoms with Gasteiger partial charge in [-0.3, -0.25) is 0 Å². The van der Waals surface area contributed by atoms with Gasteiger partial charge in [-0.25, -0.2) is 0 Å². The minimum atomic E-state index is 0.852. The van der Waals surface area contributed by atoms with Crippen LogP contribution in [0.15, 0.2) is 37.6 Å². The van der Waals surface area contributed by atoms with E-state index in [0.717, 1.165) is 18.2 Å². The summed E-state index contributed by atoms with van der Waals surface area (Å²) in [6.07, 6.45) is 1.72. The van der Waals surface area contributed by atoms with Gasteiger partial charge in [-0.15, -0.1) is 0 Å². The Morgan fingerprint density at radius 1 is 1.14 bits per heavy atom. The molecule has 0 atom stereocenters. The smallest absolute Gasteiger partial charge is 0.106 e. The number of hydrogen-bond donors (Lipinski definition) is 0.